The molecule has 0 atom stereocenters. The van der Waals surface area contributed by atoms with E-state index in [1.54, 1.807) is 17.2 Å². The Bertz CT molecular complexity index is 812. The van der Waals surface area contributed by atoms with Crippen LogP contribution in [0.3, 0.4) is 0 Å². The Kier molecular flexibility index (Phi) is 6.46. The number of rotatable bonds is 5. The van der Waals surface area contributed by atoms with Gasteiger partial charge in [-0.15, -0.1) is 0 Å². The van der Waals surface area contributed by atoms with Crippen molar-refractivity contribution in [2.75, 3.05) is 13.1 Å². The van der Waals surface area contributed by atoms with Crippen LogP contribution < -0.4 is 9.47 Å². The summed E-state index contributed by atoms with van der Waals surface area (Å²) in [6.07, 6.45) is 2.36. The van der Waals surface area contributed by atoms with Crippen molar-refractivity contribution in [3.05, 3.63) is 48.2 Å². The molecule has 2 heterocycles. The van der Waals surface area contributed by atoms with Crippen LogP contribution in [-0.2, 0) is 11.3 Å². The van der Waals surface area contributed by atoms with Gasteiger partial charge in [-0.2, -0.15) is 0 Å². The number of hydrogen-bond acceptors (Lipinski definition) is 6. The molecule has 1 fully saturated rings. The van der Waals surface area contributed by atoms with E-state index in [1.165, 1.54) is 0 Å². The van der Waals surface area contributed by atoms with Gasteiger partial charge in [0.2, 0.25) is 5.75 Å². The second-order valence-electron chi connectivity index (χ2n) is 8.02. The number of benzene rings is 1. The molecule has 0 aliphatic carbocycles. The van der Waals surface area contributed by atoms with E-state index in [0.717, 1.165) is 5.56 Å². The number of pyridine rings is 1. The maximum atomic E-state index is 12.2. The lowest BCUT2D eigenvalue weighted by molar-refractivity contribution is 0.0120. The fourth-order valence-electron chi connectivity index (χ4n) is 3.00. The zero-order valence-electron chi connectivity index (χ0n) is 17.1. The fraction of sp³-hybridized carbons (Fsp3) is 0.455. The zero-order chi connectivity index (χ0) is 20.9. The summed E-state index contributed by atoms with van der Waals surface area (Å²) in [6, 6.07) is 11.3. The molecule has 7 nitrogen and oxygen atoms in total. The third kappa shape index (κ3) is 6.01. The SMILES string of the molecule is CC(C)(C)OC(=O)N1CCC(Oc2nccc(OCc3ccccc3)c2O)CC1. The summed E-state index contributed by atoms with van der Waals surface area (Å²) in [5.74, 6) is 0.356. The Labute approximate surface area is 171 Å². The Morgan fingerprint density at radius 3 is 2.52 bits per heavy atom. The van der Waals surface area contributed by atoms with E-state index in [4.69, 9.17) is 14.2 Å². The second kappa shape index (κ2) is 9.03. The summed E-state index contributed by atoms with van der Waals surface area (Å²) >= 11 is 0. The highest BCUT2D eigenvalue weighted by molar-refractivity contribution is 5.68. The number of ether oxygens (including phenoxy) is 3. The summed E-state index contributed by atoms with van der Waals surface area (Å²) in [4.78, 5) is 18.0. The molecule has 1 aliphatic rings. The molecule has 1 N–H and O–H groups in total. The Hall–Kier alpha value is -2.96. The first-order chi connectivity index (χ1) is 13.8. The molecule has 156 valence electrons. The minimum Gasteiger partial charge on any atom is -0.501 e. The third-order valence-electron chi connectivity index (χ3n) is 4.46. The van der Waals surface area contributed by atoms with Gasteiger partial charge in [0.1, 0.15) is 18.3 Å². The minimum absolute atomic E-state index is 0.113. The van der Waals surface area contributed by atoms with Gasteiger partial charge in [0.25, 0.3) is 5.88 Å². The lowest BCUT2D eigenvalue weighted by atomic mass is 10.1. The van der Waals surface area contributed by atoms with E-state index >= 15 is 0 Å². The van der Waals surface area contributed by atoms with Gasteiger partial charge >= 0.3 is 6.09 Å². The number of hydrogen-bond donors (Lipinski definition) is 1. The van der Waals surface area contributed by atoms with Crippen molar-refractivity contribution in [1.82, 2.24) is 9.88 Å². The van der Waals surface area contributed by atoms with Crippen LogP contribution in [0, 0.1) is 0 Å². The summed E-state index contributed by atoms with van der Waals surface area (Å²) in [5, 5.41) is 10.5. The fourth-order valence-corrected chi connectivity index (χ4v) is 3.00. The summed E-state index contributed by atoms with van der Waals surface area (Å²) in [5.41, 5.74) is 0.487. The molecular formula is C22H28N2O5. The van der Waals surface area contributed by atoms with Gasteiger partial charge < -0.3 is 24.2 Å². The van der Waals surface area contributed by atoms with Crippen LogP contribution in [0.5, 0.6) is 17.4 Å². The average molecular weight is 400 g/mol. The number of aromatic hydroxyl groups is 1. The quantitative estimate of drug-likeness (QED) is 0.812. The van der Waals surface area contributed by atoms with Crippen LogP contribution in [0.15, 0.2) is 42.6 Å². The summed E-state index contributed by atoms with van der Waals surface area (Å²) in [6.45, 7) is 6.95. The molecule has 0 spiro atoms. The van der Waals surface area contributed by atoms with E-state index in [9.17, 15) is 9.90 Å². The highest BCUT2D eigenvalue weighted by Gasteiger charge is 2.28. The van der Waals surface area contributed by atoms with Gasteiger partial charge in [0, 0.05) is 38.2 Å². The molecule has 1 aromatic heterocycles. The standard InChI is InChI=1S/C22H28N2O5/c1-22(2,3)29-21(26)24-13-10-17(11-14-24)28-20-19(25)18(9-12-23-20)27-15-16-7-5-4-6-8-16/h4-9,12,17,25H,10-11,13-15H2,1-3H3. The average Bonchev–Trinajstić information content (AvgIpc) is 2.69. The normalized spacial score (nSPS) is 15.1. The van der Waals surface area contributed by atoms with E-state index < -0.39 is 5.60 Å². The van der Waals surface area contributed by atoms with Gasteiger partial charge in [0.15, 0.2) is 5.75 Å². The van der Waals surface area contributed by atoms with Gasteiger partial charge in [-0.25, -0.2) is 9.78 Å². The van der Waals surface area contributed by atoms with Crippen molar-refractivity contribution >= 4 is 6.09 Å². The molecule has 1 amide bonds. The van der Waals surface area contributed by atoms with Gasteiger partial charge in [-0.3, -0.25) is 0 Å². The monoisotopic (exact) mass is 400 g/mol. The van der Waals surface area contributed by atoms with E-state index in [-0.39, 0.29) is 23.8 Å². The lowest BCUT2D eigenvalue weighted by Crippen LogP contribution is -2.44. The molecule has 0 bridgehead atoms. The van der Waals surface area contributed by atoms with Crippen molar-refractivity contribution in [2.24, 2.45) is 0 Å². The molecule has 3 rings (SSSR count). The second-order valence-corrected chi connectivity index (χ2v) is 8.02. The molecule has 1 aromatic carbocycles. The van der Waals surface area contributed by atoms with Crippen molar-refractivity contribution < 1.29 is 24.1 Å². The number of carbonyl (C=O) groups is 1. The number of piperidine rings is 1. The third-order valence-corrected chi connectivity index (χ3v) is 4.46. The van der Waals surface area contributed by atoms with Crippen LogP contribution in [0.4, 0.5) is 4.79 Å². The van der Waals surface area contributed by atoms with E-state index in [0.29, 0.717) is 38.3 Å². The highest BCUT2D eigenvalue weighted by Crippen LogP contribution is 2.35. The van der Waals surface area contributed by atoms with Gasteiger partial charge in [0.05, 0.1) is 0 Å². The number of nitrogens with zero attached hydrogens (tertiary/aromatic N) is 2. The molecule has 0 unspecified atom stereocenters. The maximum absolute atomic E-state index is 12.2. The number of amides is 1. The summed E-state index contributed by atoms with van der Waals surface area (Å²) < 4.78 is 17.0. The molecule has 2 aromatic rings. The first-order valence-corrected chi connectivity index (χ1v) is 9.81. The molecule has 1 aliphatic heterocycles. The number of carbonyl (C=O) groups excluding carboxylic acids is 1. The summed E-state index contributed by atoms with van der Waals surface area (Å²) in [7, 11) is 0. The Balaban J connectivity index is 1.54. The minimum atomic E-state index is -0.514. The van der Waals surface area contributed by atoms with Gasteiger partial charge in [-0.05, 0) is 26.3 Å². The molecular weight excluding hydrogens is 372 g/mol. The van der Waals surface area contributed by atoms with E-state index in [2.05, 4.69) is 4.98 Å². The Morgan fingerprint density at radius 1 is 1.17 bits per heavy atom. The lowest BCUT2D eigenvalue weighted by Gasteiger charge is -2.33. The van der Waals surface area contributed by atoms with Crippen LogP contribution in [0.25, 0.3) is 0 Å². The zero-order valence-corrected chi connectivity index (χ0v) is 17.1. The topological polar surface area (TPSA) is 81.1 Å². The first kappa shape index (κ1) is 20.8. The molecule has 0 saturated carbocycles. The van der Waals surface area contributed by atoms with Crippen LogP contribution in [0.1, 0.15) is 39.2 Å². The van der Waals surface area contributed by atoms with Crippen molar-refractivity contribution in [1.29, 1.82) is 0 Å². The Morgan fingerprint density at radius 2 is 1.86 bits per heavy atom. The van der Waals surface area contributed by atoms with Crippen LogP contribution in [-0.4, -0.2) is 45.9 Å². The van der Waals surface area contributed by atoms with Gasteiger partial charge in [-0.1, -0.05) is 30.3 Å². The maximum Gasteiger partial charge on any atom is 0.410 e. The van der Waals surface area contributed by atoms with Crippen LogP contribution in [0.2, 0.25) is 0 Å². The predicted molar refractivity (Wildman–Crippen MR) is 108 cm³/mol. The molecule has 0 radical (unpaired) electrons. The number of likely N-dealkylation sites (tertiary alicyclic amines) is 1. The molecule has 7 heteroatoms. The molecule has 1 saturated heterocycles. The largest absolute Gasteiger partial charge is 0.501 e. The predicted octanol–water partition coefficient (Wildman–Crippen LogP) is 4.14. The van der Waals surface area contributed by atoms with Crippen LogP contribution >= 0.6 is 0 Å². The first-order valence-electron chi connectivity index (χ1n) is 9.81. The van der Waals surface area contributed by atoms with E-state index in [1.807, 2.05) is 51.1 Å². The smallest absolute Gasteiger partial charge is 0.410 e. The number of aromatic nitrogens is 1. The van der Waals surface area contributed by atoms with Crippen molar-refractivity contribution in [3.8, 4) is 17.4 Å². The van der Waals surface area contributed by atoms with Crippen molar-refractivity contribution in [3.63, 3.8) is 0 Å². The van der Waals surface area contributed by atoms with Crippen molar-refractivity contribution in [2.45, 2.75) is 51.9 Å². The highest BCUT2D eigenvalue weighted by atomic mass is 16.6. The molecule has 29 heavy (non-hydrogen) atoms.